The summed E-state index contributed by atoms with van der Waals surface area (Å²) in [6.45, 7) is 2.31. The summed E-state index contributed by atoms with van der Waals surface area (Å²) >= 11 is 0. The van der Waals surface area contributed by atoms with E-state index in [4.69, 9.17) is 9.47 Å². The Morgan fingerprint density at radius 3 is 2.89 bits per heavy atom. The van der Waals surface area contributed by atoms with Gasteiger partial charge >= 0.3 is 5.97 Å². The van der Waals surface area contributed by atoms with E-state index in [1.807, 2.05) is 11.0 Å². The van der Waals surface area contributed by atoms with Gasteiger partial charge in [0.05, 0.1) is 0 Å². The van der Waals surface area contributed by atoms with Crippen LogP contribution in [0.4, 0.5) is 5.69 Å². The van der Waals surface area contributed by atoms with Crippen LogP contribution in [-0.4, -0.2) is 48.5 Å². The van der Waals surface area contributed by atoms with Crippen LogP contribution in [0.5, 0.6) is 5.75 Å². The summed E-state index contributed by atoms with van der Waals surface area (Å²) in [4.78, 5) is 37.4. The minimum absolute atomic E-state index is 0.00318. The van der Waals surface area contributed by atoms with Crippen LogP contribution in [0.1, 0.15) is 44.6 Å². The van der Waals surface area contributed by atoms with Gasteiger partial charge in [0.15, 0.2) is 13.2 Å². The molecule has 0 spiro atoms. The van der Waals surface area contributed by atoms with Crippen molar-refractivity contribution in [1.82, 2.24) is 4.90 Å². The molecule has 0 saturated carbocycles. The van der Waals surface area contributed by atoms with Crippen molar-refractivity contribution >= 4 is 23.5 Å². The molecule has 1 N–H and O–H groups in total. The van der Waals surface area contributed by atoms with Gasteiger partial charge in [0.1, 0.15) is 5.75 Å². The fourth-order valence-corrected chi connectivity index (χ4v) is 3.61. The zero-order valence-electron chi connectivity index (χ0n) is 15.7. The molecule has 1 atom stereocenters. The van der Waals surface area contributed by atoms with Crippen LogP contribution in [0.25, 0.3) is 0 Å². The molecule has 0 aliphatic carbocycles. The maximum atomic E-state index is 12.3. The molecule has 0 aromatic heterocycles. The lowest BCUT2D eigenvalue weighted by Gasteiger charge is -2.35. The lowest BCUT2D eigenvalue weighted by Crippen LogP contribution is -2.45. The van der Waals surface area contributed by atoms with Gasteiger partial charge in [-0.05, 0) is 55.9 Å². The van der Waals surface area contributed by atoms with Crippen LogP contribution in [0.15, 0.2) is 18.2 Å². The van der Waals surface area contributed by atoms with Crippen molar-refractivity contribution < 1.29 is 23.9 Å². The van der Waals surface area contributed by atoms with Gasteiger partial charge in [-0.3, -0.25) is 9.59 Å². The number of carbonyl (C=O) groups is 3. The van der Waals surface area contributed by atoms with E-state index in [0.29, 0.717) is 18.6 Å². The minimum Gasteiger partial charge on any atom is -0.482 e. The second-order valence-electron chi connectivity index (χ2n) is 6.96. The Morgan fingerprint density at radius 1 is 1.22 bits per heavy atom. The van der Waals surface area contributed by atoms with Gasteiger partial charge < -0.3 is 19.7 Å². The van der Waals surface area contributed by atoms with E-state index in [2.05, 4.69) is 12.2 Å². The molecule has 1 saturated heterocycles. The summed E-state index contributed by atoms with van der Waals surface area (Å²) in [5.74, 6) is -0.169. The Balaban J connectivity index is 1.44. The number of amides is 2. The van der Waals surface area contributed by atoms with Crippen molar-refractivity contribution in [3.8, 4) is 5.75 Å². The molecule has 1 aromatic carbocycles. The predicted octanol–water partition coefficient (Wildman–Crippen LogP) is 2.28. The Morgan fingerprint density at radius 2 is 2.07 bits per heavy atom. The zero-order chi connectivity index (χ0) is 19.2. The van der Waals surface area contributed by atoms with Gasteiger partial charge in [-0.1, -0.05) is 6.92 Å². The minimum atomic E-state index is -0.570. The van der Waals surface area contributed by atoms with Crippen LogP contribution in [0.3, 0.4) is 0 Å². The molecule has 2 amide bonds. The third kappa shape index (κ3) is 4.99. The smallest absolute Gasteiger partial charge is 0.344 e. The molecule has 0 bridgehead atoms. The fourth-order valence-electron chi connectivity index (χ4n) is 3.61. The molecule has 27 heavy (non-hydrogen) atoms. The molecular weight excluding hydrogens is 348 g/mol. The monoisotopic (exact) mass is 374 g/mol. The first-order chi connectivity index (χ1) is 13.1. The topological polar surface area (TPSA) is 84.9 Å². The van der Waals surface area contributed by atoms with E-state index >= 15 is 0 Å². The Kier molecular flexibility index (Phi) is 6.32. The summed E-state index contributed by atoms with van der Waals surface area (Å²) in [7, 11) is 0. The Bertz CT molecular complexity index is 718. The number of piperidine rings is 1. The lowest BCUT2D eigenvalue weighted by molar-refractivity contribution is -0.155. The van der Waals surface area contributed by atoms with Gasteiger partial charge in [-0.15, -0.1) is 0 Å². The van der Waals surface area contributed by atoms with Gasteiger partial charge in [-0.25, -0.2) is 4.79 Å². The first kappa shape index (κ1) is 19.2. The molecule has 7 heteroatoms. The first-order valence-corrected chi connectivity index (χ1v) is 9.57. The quantitative estimate of drug-likeness (QED) is 0.772. The molecule has 1 fully saturated rings. The Labute approximate surface area is 159 Å². The normalized spacial score (nSPS) is 19.1. The number of nitrogens with one attached hydrogen (secondary N) is 1. The fraction of sp³-hybridized carbons (Fsp3) is 0.550. The number of ether oxygens (including phenoxy) is 2. The average Bonchev–Trinajstić information content (AvgIpc) is 2.70. The number of rotatable bonds is 6. The summed E-state index contributed by atoms with van der Waals surface area (Å²) in [5, 5.41) is 2.80. The maximum Gasteiger partial charge on any atom is 0.344 e. The van der Waals surface area contributed by atoms with Gasteiger partial charge in [-0.2, -0.15) is 0 Å². The first-order valence-electron chi connectivity index (χ1n) is 9.57. The summed E-state index contributed by atoms with van der Waals surface area (Å²) in [6, 6.07) is 5.52. The number of aryl methyl sites for hydroxylation is 1. The second-order valence-corrected chi connectivity index (χ2v) is 6.96. The van der Waals surface area contributed by atoms with E-state index in [-0.39, 0.29) is 31.1 Å². The number of nitrogens with zero attached hydrogens (tertiary/aromatic N) is 1. The van der Waals surface area contributed by atoms with Crippen LogP contribution < -0.4 is 10.1 Å². The highest BCUT2D eigenvalue weighted by Crippen LogP contribution is 2.26. The molecule has 2 aliphatic heterocycles. The number of hydrogen-bond acceptors (Lipinski definition) is 5. The standard InChI is InChI=1S/C20H26N2O5/c1-2-15-5-3-4-10-22(15)19(24)12-27-20(25)13-26-16-7-8-17-14(11-16)6-9-18(23)21-17/h7-8,11,15H,2-6,9-10,12-13H2,1H3,(H,21,23). The van der Waals surface area contributed by atoms with E-state index in [9.17, 15) is 14.4 Å². The Hall–Kier alpha value is -2.57. The summed E-state index contributed by atoms with van der Waals surface area (Å²) in [6.07, 6.45) is 5.15. The molecule has 0 radical (unpaired) electrons. The van der Waals surface area contributed by atoms with Crippen molar-refractivity contribution in [2.45, 2.75) is 51.5 Å². The molecular formula is C20H26N2O5. The lowest BCUT2D eigenvalue weighted by atomic mass is 10.00. The highest BCUT2D eigenvalue weighted by atomic mass is 16.6. The van der Waals surface area contributed by atoms with Crippen molar-refractivity contribution in [3.63, 3.8) is 0 Å². The number of likely N-dealkylation sites (tertiary alicyclic amines) is 1. The average molecular weight is 374 g/mol. The van der Waals surface area contributed by atoms with E-state index in [1.54, 1.807) is 12.1 Å². The van der Waals surface area contributed by atoms with Gasteiger partial charge in [0.2, 0.25) is 5.91 Å². The van der Waals surface area contributed by atoms with Crippen molar-refractivity contribution in [3.05, 3.63) is 23.8 Å². The molecule has 2 heterocycles. The van der Waals surface area contributed by atoms with Crippen molar-refractivity contribution in [2.24, 2.45) is 0 Å². The number of anilines is 1. The number of esters is 1. The molecule has 3 rings (SSSR count). The SMILES string of the molecule is CCC1CCCCN1C(=O)COC(=O)COc1ccc2c(c1)CCC(=O)N2. The molecule has 146 valence electrons. The number of fused-ring (bicyclic) bond motifs is 1. The highest BCUT2D eigenvalue weighted by Gasteiger charge is 2.26. The van der Waals surface area contributed by atoms with Crippen molar-refractivity contribution in [2.75, 3.05) is 25.1 Å². The number of carbonyl (C=O) groups excluding carboxylic acids is 3. The molecule has 1 unspecified atom stereocenters. The summed E-state index contributed by atoms with van der Waals surface area (Å²) in [5.41, 5.74) is 1.75. The van der Waals surface area contributed by atoms with Gasteiger partial charge in [0, 0.05) is 24.7 Å². The molecule has 7 nitrogen and oxygen atoms in total. The maximum absolute atomic E-state index is 12.3. The van der Waals surface area contributed by atoms with E-state index in [1.165, 1.54) is 0 Å². The third-order valence-electron chi connectivity index (χ3n) is 5.10. The van der Waals surface area contributed by atoms with Crippen LogP contribution in [0, 0.1) is 0 Å². The third-order valence-corrected chi connectivity index (χ3v) is 5.10. The van der Waals surface area contributed by atoms with E-state index < -0.39 is 5.97 Å². The van der Waals surface area contributed by atoms with Crippen LogP contribution >= 0.6 is 0 Å². The zero-order valence-corrected chi connectivity index (χ0v) is 15.7. The number of benzene rings is 1. The summed E-state index contributed by atoms with van der Waals surface area (Å²) < 4.78 is 10.6. The highest BCUT2D eigenvalue weighted by molar-refractivity contribution is 5.94. The second kappa shape index (κ2) is 8.88. The number of hydrogen-bond donors (Lipinski definition) is 1. The molecule has 2 aliphatic rings. The molecule has 1 aromatic rings. The largest absolute Gasteiger partial charge is 0.482 e. The van der Waals surface area contributed by atoms with Gasteiger partial charge in [0.25, 0.3) is 5.91 Å². The predicted molar refractivity (Wildman–Crippen MR) is 99.5 cm³/mol. The van der Waals surface area contributed by atoms with Crippen LogP contribution in [-0.2, 0) is 25.5 Å². The van der Waals surface area contributed by atoms with Crippen LogP contribution in [0.2, 0.25) is 0 Å². The van der Waals surface area contributed by atoms with Crippen molar-refractivity contribution in [1.29, 1.82) is 0 Å². The van der Waals surface area contributed by atoms with E-state index in [0.717, 1.165) is 43.5 Å².